The van der Waals surface area contributed by atoms with Crippen molar-refractivity contribution in [2.75, 3.05) is 21.3 Å². The van der Waals surface area contributed by atoms with Crippen molar-refractivity contribution in [2.24, 2.45) is 0 Å². The molecule has 1 saturated carbocycles. The van der Waals surface area contributed by atoms with E-state index in [0.29, 0.717) is 6.42 Å². The second-order valence-electron chi connectivity index (χ2n) is 7.57. The monoisotopic (exact) mass is 401 g/mol. The van der Waals surface area contributed by atoms with Gasteiger partial charge in [-0.1, -0.05) is 18.2 Å². The van der Waals surface area contributed by atoms with Crippen LogP contribution < -0.4 is 0 Å². The molecule has 1 aliphatic carbocycles. The SMILES string of the molecule is COC1CCC(N(C)C(=O)CCCCc2nnnn2-c2ccccc2)CC1OC. The third-order valence-corrected chi connectivity index (χ3v) is 5.83. The molecule has 2 aromatic rings. The number of ether oxygens (including phenoxy) is 2. The molecule has 158 valence electrons. The molecule has 0 radical (unpaired) electrons. The number of carbonyl (C=O) groups excluding carboxylic acids is 1. The Morgan fingerprint density at radius 3 is 2.62 bits per heavy atom. The fourth-order valence-corrected chi connectivity index (χ4v) is 4.02. The topological polar surface area (TPSA) is 82.4 Å². The zero-order chi connectivity index (χ0) is 20.6. The molecule has 0 saturated heterocycles. The molecule has 3 atom stereocenters. The van der Waals surface area contributed by atoms with Gasteiger partial charge in [0, 0.05) is 40.2 Å². The smallest absolute Gasteiger partial charge is 0.222 e. The van der Waals surface area contributed by atoms with Crippen LogP contribution in [0.1, 0.15) is 44.3 Å². The van der Waals surface area contributed by atoms with Gasteiger partial charge in [0.05, 0.1) is 17.9 Å². The van der Waals surface area contributed by atoms with Gasteiger partial charge in [0.15, 0.2) is 5.82 Å². The van der Waals surface area contributed by atoms with Crippen LogP contribution in [-0.2, 0) is 20.7 Å². The molecule has 29 heavy (non-hydrogen) atoms. The van der Waals surface area contributed by atoms with E-state index in [1.165, 1.54) is 0 Å². The number of hydrogen-bond donors (Lipinski definition) is 0. The van der Waals surface area contributed by atoms with Crippen LogP contribution in [0.15, 0.2) is 30.3 Å². The highest BCUT2D eigenvalue weighted by Crippen LogP contribution is 2.27. The minimum absolute atomic E-state index is 0.0471. The fourth-order valence-electron chi connectivity index (χ4n) is 4.02. The van der Waals surface area contributed by atoms with Crippen LogP contribution in [-0.4, -0.2) is 70.5 Å². The van der Waals surface area contributed by atoms with E-state index in [-0.39, 0.29) is 24.2 Å². The van der Waals surface area contributed by atoms with Crippen LogP contribution in [0.4, 0.5) is 0 Å². The van der Waals surface area contributed by atoms with Crippen LogP contribution in [0.3, 0.4) is 0 Å². The van der Waals surface area contributed by atoms with Crippen molar-refractivity contribution in [1.29, 1.82) is 0 Å². The molecule has 1 aromatic heterocycles. The van der Waals surface area contributed by atoms with Gasteiger partial charge >= 0.3 is 0 Å². The predicted octanol–water partition coefficient (Wildman–Crippen LogP) is 2.42. The molecular weight excluding hydrogens is 370 g/mol. The molecule has 3 rings (SSSR count). The quantitative estimate of drug-likeness (QED) is 0.600. The first kappa shape index (κ1) is 21.4. The summed E-state index contributed by atoms with van der Waals surface area (Å²) in [6.07, 6.45) is 5.81. The molecule has 0 aliphatic heterocycles. The number of aromatic nitrogens is 4. The molecule has 1 amide bonds. The Kier molecular flexibility index (Phi) is 7.71. The second-order valence-corrected chi connectivity index (χ2v) is 7.57. The lowest BCUT2D eigenvalue weighted by Gasteiger charge is -2.38. The lowest BCUT2D eigenvalue weighted by Crippen LogP contribution is -2.46. The van der Waals surface area contributed by atoms with Gasteiger partial charge in [0.1, 0.15) is 0 Å². The highest BCUT2D eigenvalue weighted by Gasteiger charge is 2.33. The molecule has 0 N–H and O–H groups in total. The average molecular weight is 402 g/mol. The van der Waals surface area contributed by atoms with Gasteiger partial charge < -0.3 is 14.4 Å². The van der Waals surface area contributed by atoms with Crippen LogP contribution >= 0.6 is 0 Å². The first-order valence-electron chi connectivity index (χ1n) is 10.3. The molecule has 1 aromatic carbocycles. The number of para-hydroxylation sites is 1. The molecular formula is C21H31N5O3. The van der Waals surface area contributed by atoms with Crippen molar-refractivity contribution < 1.29 is 14.3 Å². The van der Waals surface area contributed by atoms with Gasteiger partial charge in [0.2, 0.25) is 5.91 Å². The number of aryl methyl sites for hydroxylation is 1. The molecule has 0 spiro atoms. The first-order valence-corrected chi connectivity index (χ1v) is 10.3. The maximum Gasteiger partial charge on any atom is 0.222 e. The Morgan fingerprint density at radius 2 is 1.90 bits per heavy atom. The largest absolute Gasteiger partial charge is 0.379 e. The lowest BCUT2D eigenvalue weighted by molar-refractivity contribution is -0.136. The lowest BCUT2D eigenvalue weighted by atomic mass is 9.89. The number of tetrazole rings is 1. The van der Waals surface area contributed by atoms with Crippen molar-refractivity contribution >= 4 is 5.91 Å². The number of rotatable bonds is 9. The van der Waals surface area contributed by atoms with Gasteiger partial charge in [-0.2, -0.15) is 4.68 Å². The molecule has 1 aliphatic rings. The van der Waals surface area contributed by atoms with E-state index in [1.807, 2.05) is 42.3 Å². The molecule has 8 nitrogen and oxygen atoms in total. The summed E-state index contributed by atoms with van der Waals surface area (Å²) in [6.45, 7) is 0. The van der Waals surface area contributed by atoms with Crippen LogP contribution in [0.2, 0.25) is 0 Å². The van der Waals surface area contributed by atoms with Crippen LogP contribution in [0.25, 0.3) is 5.69 Å². The number of methoxy groups -OCH3 is 2. The number of unbranched alkanes of at least 4 members (excludes halogenated alkanes) is 1. The van der Waals surface area contributed by atoms with Gasteiger partial charge in [0.25, 0.3) is 0 Å². The van der Waals surface area contributed by atoms with E-state index in [2.05, 4.69) is 15.5 Å². The number of carbonyl (C=O) groups is 1. The Morgan fingerprint density at radius 1 is 1.14 bits per heavy atom. The Balaban J connectivity index is 1.44. The fraction of sp³-hybridized carbons (Fsp3) is 0.619. The predicted molar refractivity (Wildman–Crippen MR) is 109 cm³/mol. The number of amides is 1. The van der Waals surface area contributed by atoms with E-state index in [9.17, 15) is 4.79 Å². The standard InChI is InChI=1S/C21H31N5O3/c1-25(17-13-14-18(28-2)19(15-17)29-3)21(27)12-8-7-11-20-22-23-24-26(20)16-9-5-4-6-10-16/h4-6,9-10,17-19H,7-8,11-15H2,1-3H3. The summed E-state index contributed by atoms with van der Waals surface area (Å²) in [4.78, 5) is 14.5. The maximum atomic E-state index is 12.6. The number of hydrogen-bond acceptors (Lipinski definition) is 6. The van der Waals surface area contributed by atoms with E-state index >= 15 is 0 Å². The average Bonchev–Trinajstić information content (AvgIpc) is 3.24. The van der Waals surface area contributed by atoms with Gasteiger partial charge in [-0.25, -0.2) is 0 Å². The summed E-state index contributed by atoms with van der Waals surface area (Å²) in [6, 6.07) is 10.1. The number of nitrogens with zero attached hydrogens (tertiary/aromatic N) is 5. The second kappa shape index (κ2) is 10.5. The number of benzene rings is 1. The first-order chi connectivity index (χ1) is 14.1. The third-order valence-electron chi connectivity index (χ3n) is 5.83. The Hall–Kier alpha value is -2.32. The maximum absolute atomic E-state index is 12.6. The van der Waals surface area contributed by atoms with E-state index in [4.69, 9.17) is 9.47 Å². The minimum Gasteiger partial charge on any atom is -0.379 e. The highest BCUT2D eigenvalue weighted by molar-refractivity contribution is 5.76. The summed E-state index contributed by atoms with van der Waals surface area (Å²) in [5.41, 5.74) is 0.947. The minimum atomic E-state index is 0.0471. The summed E-state index contributed by atoms with van der Waals surface area (Å²) < 4.78 is 12.8. The van der Waals surface area contributed by atoms with Gasteiger partial charge in [-0.05, 0) is 54.7 Å². The Labute approximate surface area is 172 Å². The highest BCUT2D eigenvalue weighted by atomic mass is 16.5. The van der Waals surface area contributed by atoms with Crippen molar-refractivity contribution in [3.63, 3.8) is 0 Å². The van der Waals surface area contributed by atoms with Crippen LogP contribution in [0.5, 0.6) is 0 Å². The zero-order valence-corrected chi connectivity index (χ0v) is 17.5. The summed E-state index contributed by atoms with van der Waals surface area (Å²) in [5, 5.41) is 12.0. The summed E-state index contributed by atoms with van der Waals surface area (Å²) in [7, 11) is 5.34. The normalized spacial score (nSPS) is 21.8. The van der Waals surface area contributed by atoms with E-state index in [1.54, 1.807) is 18.9 Å². The van der Waals surface area contributed by atoms with E-state index in [0.717, 1.165) is 50.0 Å². The van der Waals surface area contributed by atoms with Crippen molar-refractivity contribution in [3.05, 3.63) is 36.2 Å². The van der Waals surface area contributed by atoms with Gasteiger partial charge in [-0.15, -0.1) is 5.10 Å². The van der Waals surface area contributed by atoms with Crippen LogP contribution in [0, 0.1) is 0 Å². The third kappa shape index (κ3) is 5.39. The molecule has 8 heteroatoms. The molecule has 0 bridgehead atoms. The van der Waals surface area contributed by atoms with E-state index < -0.39 is 0 Å². The van der Waals surface area contributed by atoms with Crippen molar-refractivity contribution in [2.45, 2.75) is 63.2 Å². The summed E-state index contributed by atoms with van der Waals surface area (Å²) in [5.74, 6) is 1.00. The molecule has 1 heterocycles. The van der Waals surface area contributed by atoms with Crippen molar-refractivity contribution in [1.82, 2.24) is 25.1 Å². The Bertz CT molecular complexity index is 767. The summed E-state index contributed by atoms with van der Waals surface area (Å²) >= 11 is 0. The van der Waals surface area contributed by atoms with Crippen molar-refractivity contribution in [3.8, 4) is 5.69 Å². The zero-order valence-electron chi connectivity index (χ0n) is 17.5. The molecule has 3 unspecified atom stereocenters. The molecule has 1 fully saturated rings. The van der Waals surface area contributed by atoms with Gasteiger partial charge in [-0.3, -0.25) is 4.79 Å².